The number of anilines is 1. The monoisotopic (exact) mass is 423 g/mol. The summed E-state index contributed by atoms with van der Waals surface area (Å²) in [6.07, 6.45) is 0. The van der Waals surface area contributed by atoms with Crippen LogP contribution in [0.25, 0.3) is 0 Å². The van der Waals surface area contributed by atoms with Crippen molar-refractivity contribution in [1.29, 1.82) is 0 Å². The summed E-state index contributed by atoms with van der Waals surface area (Å²) in [5.41, 5.74) is 3.56. The molecule has 0 saturated heterocycles. The lowest BCUT2D eigenvalue weighted by atomic mass is 9.86. The van der Waals surface area contributed by atoms with Crippen molar-refractivity contribution >= 4 is 43.5 Å². The summed E-state index contributed by atoms with van der Waals surface area (Å²) in [6.45, 7) is 8.37. The molecule has 2 nitrogen and oxygen atoms in total. The maximum Gasteiger partial charge on any atom is 0.256 e. The Labute approximate surface area is 148 Å². The van der Waals surface area contributed by atoms with Crippen LogP contribution in [0.15, 0.2) is 45.3 Å². The van der Waals surface area contributed by atoms with Gasteiger partial charge in [-0.15, -0.1) is 0 Å². The molecule has 0 bridgehead atoms. The average molecular weight is 425 g/mol. The van der Waals surface area contributed by atoms with Gasteiger partial charge in [0.2, 0.25) is 0 Å². The van der Waals surface area contributed by atoms with Crippen molar-refractivity contribution < 1.29 is 4.79 Å². The Morgan fingerprint density at radius 2 is 1.77 bits per heavy atom. The highest BCUT2D eigenvalue weighted by Crippen LogP contribution is 2.32. The van der Waals surface area contributed by atoms with Gasteiger partial charge in [0.05, 0.1) is 5.56 Å². The zero-order valence-corrected chi connectivity index (χ0v) is 16.3. The number of benzene rings is 2. The average Bonchev–Trinajstić information content (AvgIpc) is 2.42. The quantitative estimate of drug-likeness (QED) is 0.622. The number of nitrogens with one attached hydrogen (secondary N) is 1. The molecule has 0 unspecified atom stereocenters. The van der Waals surface area contributed by atoms with E-state index in [2.05, 4.69) is 64.0 Å². The van der Waals surface area contributed by atoms with E-state index in [1.165, 1.54) is 0 Å². The SMILES string of the molecule is Cc1cccc(C(=O)Nc2ccc(Br)cc2C(C)(C)C)c1Br. The van der Waals surface area contributed by atoms with Crippen LogP contribution < -0.4 is 5.32 Å². The molecule has 0 aliphatic carbocycles. The summed E-state index contributed by atoms with van der Waals surface area (Å²) in [6, 6.07) is 11.6. The Bertz CT molecular complexity index is 718. The molecule has 1 amide bonds. The Hall–Kier alpha value is -1.13. The summed E-state index contributed by atoms with van der Waals surface area (Å²) in [5.74, 6) is -0.108. The number of hydrogen-bond acceptors (Lipinski definition) is 1. The molecule has 2 aromatic rings. The molecule has 0 saturated carbocycles. The largest absolute Gasteiger partial charge is 0.322 e. The van der Waals surface area contributed by atoms with Crippen LogP contribution in [0, 0.1) is 6.92 Å². The van der Waals surface area contributed by atoms with Gasteiger partial charge >= 0.3 is 0 Å². The third kappa shape index (κ3) is 3.79. The van der Waals surface area contributed by atoms with Gasteiger partial charge in [-0.25, -0.2) is 0 Å². The van der Waals surface area contributed by atoms with Crippen molar-refractivity contribution in [2.24, 2.45) is 0 Å². The molecule has 0 fully saturated rings. The van der Waals surface area contributed by atoms with Crippen LogP contribution in [0.5, 0.6) is 0 Å². The standard InChI is InChI=1S/C18H19Br2NO/c1-11-6-5-7-13(16(11)20)17(22)21-15-9-8-12(19)10-14(15)18(2,3)4/h5-10H,1-4H3,(H,21,22). The lowest BCUT2D eigenvalue weighted by Gasteiger charge is -2.23. The van der Waals surface area contributed by atoms with E-state index in [-0.39, 0.29) is 11.3 Å². The van der Waals surface area contributed by atoms with Gasteiger partial charge < -0.3 is 5.32 Å². The second-order valence-electron chi connectivity index (χ2n) is 6.33. The van der Waals surface area contributed by atoms with E-state index in [1.807, 2.05) is 37.3 Å². The van der Waals surface area contributed by atoms with E-state index < -0.39 is 0 Å². The van der Waals surface area contributed by atoms with Crippen molar-refractivity contribution in [3.63, 3.8) is 0 Å². The Balaban J connectivity index is 2.39. The first kappa shape index (κ1) is 17.2. The minimum Gasteiger partial charge on any atom is -0.322 e. The second kappa shape index (κ2) is 6.55. The molecule has 2 rings (SSSR count). The van der Waals surface area contributed by atoms with Crippen molar-refractivity contribution in [3.05, 3.63) is 62.0 Å². The highest BCUT2D eigenvalue weighted by atomic mass is 79.9. The molecular weight excluding hydrogens is 406 g/mol. The fraction of sp³-hybridized carbons (Fsp3) is 0.278. The van der Waals surface area contributed by atoms with E-state index in [1.54, 1.807) is 0 Å². The van der Waals surface area contributed by atoms with Gasteiger partial charge in [0.15, 0.2) is 0 Å². The van der Waals surface area contributed by atoms with Crippen LogP contribution in [0.2, 0.25) is 0 Å². The lowest BCUT2D eigenvalue weighted by Crippen LogP contribution is -2.19. The summed E-state index contributed by atoms with van der Waals surface area (Å²) >= 11 is 7.00. The predicted molar refractivity (Wildman–Crippen MR) is 99.7 cm³/mol. The van der Waals surface area contributed by atoms with E-state index in [4.69, 9.17) is 0 Å². The van der Waals surface area contributed by atoms with Gasteiger partial charge in [0.25, 0.3) is 5.91 Å². The number of amides is 1. The Morgan fingerprint density at radius 1 is 1.09 bits per heavy atom. The van der Waals surface area contributed by atoms with Crippen LogP contribution >= 0.6 is 31.9 Å². The van der Waals surface area contributed by atoms with E-state index in [0.29, 0.717) is 5.56 Å². The molecule has 2 aromatic carbocycles. The highest BCUT2D eigenvalue weighted by Gasteiger charge is 2.20. The van der Waals surface area contributed by atoms with Crippen molar-refractivity contribution in [2.45, 2.75) is 33.1 Å². The van der Waals surface area contributed by atoms with Gasteiger partial charge in [-0.3, -0.25) is 4.79 Å². The van der Waals surface area contributed by atoms with Gasteiger partial charge in [-0.2, -0.15) is 0 Å². The number of aryl methyl sites for hydroxylation is 1. The highest BCUT2D eigenvalue weighted by molar-refractivity contribution is 9.10. The topological polar surface area (TPSA) is 29.1 Å². The van der Waals surface area contributed by atoms with Crippen molar-refractivity contribution in [1.82, 2.24) is 0 Å². The summed E-state index contributed by atoms with van der Waals surface area (Å²) in [7, 11) is 0. The Morgan fingerprint density at radius 3 is 2.41 bits per heavy atom. The fourth-order valence-corrected chi connectivity index (χ4v) is 3.06. The molecule has 0 spiro atoms. The minimum atomic E-state index is -0.108. The van der Waals surface area contributed by atoms with Crippen LogP contribution in [0.4, 0.5) is 5.69 Å². The third-order valence-electron chi connectivity index (χ3n) is 3.47. The summed E-state index contributed by atoms with van der Waals surface area (Å²) in [5, 5.41) is 3.04. The van der Waals surface area contributed by atoms with Crippen LogP contribution in [0.1, 0.15) is 42.3 Å². The first-order valence-electron chi connectivity index (χ1n) is 7.06. The first-order valence-corrected chi connectivity index (χ1v) is 8.65. The number of halogens is 2. The summed E-state index contributed by atoms with van der Waals surface area (Å²) < 4.78 is 1.84. The van der Waals surface area contributed by atoms with Gasteiger partial charge in [0, 0.05) is 14.6 Å². The molecule has 0 heterocycles. The maximum absolute atomic E-state index is 12.6. The van der Waals surface area contributed by atoms with E-state index in [0.717, 1.165) is 25.8 Å². The fourth-order valence-electron chi connectivity index (χ4n) is 2.26. The maximum atomic E-state index is 12.6. The molecule has 116 valence electrons. The van der Waals surface area contributed by atoms with Gasteiger partial charge in [-0.1, -0.05) is 48.8 Å². The van der Waals surface area contributed by atoms with Crippen LogP contribution in [-0.4, -0.2) is 5.91 Å². The number of carbonyl (C=O) groups is 1. The van der Waals surface area contributed by atoms with Crippen molar-refractivity contribution in [3.8, 4) is 0 Å². The lowest BCUT2D eigenvalue weighted by molar-refractivity contribution is 0.102. The Kier molecular flexibility index (Phi) is 5.13. The van der Waals surface area contributed by atoms with Crippen molar-refractivity contribution in [2.75, 3.05) is 5.32 Å². The second-order valence-corrected chi connectivity index (χ2v) is 8.04. The zero-order valence-electron chi connectivity index (χ0n) is 13.1. The molecule has 0 aromatic heterocycles. The van der Waals surface area contributed by atoms with Gasteiger partial charge in [-0.05, 0) is 63.7 Å². The molecule has 0 radical (unpaired) electrons. The number of hydrogen-bond donors (Lipinski definition) is 1. The smallest absolute Gasteiger partial charge is 0.256 e. The molecule has 1 N–H and O–H groups in total. The molecule has 0 atom stereocenters. The molecule has 0 aliphatic rings. The van der Waals surface area contributed by atoms with Gasteiger partial charge in [0.1, 0.15) is 0 Å². The summed E-state index contributed by atoms with van der Waals surface area (Å²) in [4.78, 5) is 12.6. The first-order chi connectivity index (χ1) is 10.2. The zero-order chi connectivity index (χ0) is 16.5. The van der Waals surface area contributed by atoms with Crippen LogP contribution in [-0.2, 0) is 5.41 Å². The minimum absolute atomic E-state index is 0.0593. The van der Waals surface area contributed by atoms with E-state index >= 15 is 0 Å². The number of rotatable bonds is 2. The predicted octanol–water partition coefficient (Wildman–Crippen LogP) is 6.07. The molecular formula is C18H19Br2NO. The van der Waals surface area contributed by atoms with Crippen LogP contribution in [0.3, 0.4) is 0 Å². The normalized spacial score (nSPS) is 11.4. The van der Waals surface area contributed by atoms with E-state index in [9.17, 15) is 4.79 Å². The number of carbonyl (C=O) groups excluding carboxylic acids is 1. The molecule has 4 heteroatoms. The third-order valence-corrected chi connectivity index (χ3v) is 5.02. The molecule has 22 heavy (non-hydrogen) atoms. The molecule has 0 aliphatic heterocycles.